The van der Waals surface area contributed by atoms with Crippen LogP contribution in [0.15, 0.2) is 11.8 Å². The molecule has 0 spiro atoms. The Kier molecular flexibility index (Phi) is 3.10. The van der Waals surface area contributed by atoms with E-state index in [0.717, 1.165) is 49.2 Å². The fourth-order valence-corrected chi connectivity index (χ4v) is 5.81. The van der Waals surface area contributed by atoms with Gasteiger partial charge in [0.2, 0.25) is 0 Å². The molecular formula is C17H27NO. The molecule has 2 heteroatoms. The number of ether oxygens (including phenoxy) is 1. The number of likely N-dealkylation sites (N-methyl/N-ethyl adjacent to an activating group) is 1. The van der Waals surface area contributed by atoms with Crippen molar-refractivity contribution in [3.8, 4) is 0 Å². The summed E-state index contributed by atoms with van der Waals surface area (Å²) in [5.74, 6) is 6.23. The van der Waals surface area contributed by atoms with Crippen molar-refractivity contribution < 1.29 is 4.74 Å². The molecule has 1 atom stereocenters. The summed E-state index contributed by atoms with van der Waals surface area (Å²) in [6.45, 7) is 4.21. The topological polar surface area (TPSA) is 21.3 Å². The fraction of sp³-hybridized carbons (Fsp3) is 0.882. The molecule has 1 unspecified atom stereocenters. The van der Waals surface area contributed by atoms with Crippen LogP contribution in [0.25, 0.3) is 0 Å². The molecule has 0 amide bonds. The van der Waals surface area contributed by atoms with Crippen molar-refractivity contribution in [1.29, 1.82) is 0 Å². The zero-order valence-electron chi connectivity index (χ0n) is 12.1. The average Bonchev–Trinajstić information content (AvgIpc) is 2.89. The lowest BCUT2D eigenvalue weighted by Crippen LogP contribution is -2.53. The van der Waals surface area contributed by atoms with E-state index in [0.29, 0.717) is 6.04 Å². The minimum atomic E-state index is 0.516. The molecular weight excluding hydrogens is 234 g/mol. The van der Waals surface area contributed by atoms with Gasteiger partial charge in [-0.2, -0.15) is 0 Å². The largest absolute Gasteiger partial charge is 0.496 e. The first-order valence-corrected chi connectivity index (χ1v) is 8.41. The highest BCUT2D eigenvalue weighted by atomic mass is 16.5. The summed E-state index contributed by atoms with van der Waals surface area (Å²) in [7, 11) is 0. The molecule has 0 aromatic carbocycles. The molecule has 5 rings (SSSR count). The molecule has 0 aromatic heterocycles. The number of hydrogen-bond acceptors (Lipinski definition) is 2. The summed E-state index contributed by atoms with van der Waals surface area (Å²) in [5, 5.41) is 3.76. The maximum absolute atomic E-state index is 5.92. The summed E-state index contributed by atoms with van der Waals surface area (Å²) >= 11 is 0. The minimum Gasteiger partial charge on any atom is -0.496 e. The van der Waals surface area contributed by atoms with Gasteiger partial charge in [-0.05, 0) is 74.3 Å². The van der Waals surface area contributed by atoms with Gasteiger partial charge < -0.3 is 10.1 Å². The van der Waals surface area contributed by atoms with Crippen LogP contribution >= 0.6 is 0 Å². The molecule has 106 valence electrons. The molecule has 0 saturated heterocycles. The highest BCUT2D eigenvalue weighted by molar-refractivity contribution is 5.14. The van der Waals surface area contributed by atoms with Crippen molar-refractivity contribution in [3.05, 3.63) is 11.8 Å². The molecule has 1 N–H and O–H groups in total. The molecule has 19 heavy (non-hydrogen) atoms. The molecule has 4 fully saturated rings. The first-order chi connectivity index (χ1) is 9.35. The van der Waals surface area contributed by atoms with Crippen molar-refractivity contribution in [3.63, 3.8) is 0 Å². The van der Waals surface area contributed by atoms with Crippen LogP contribution in [0.1, 0.15) is 45.4 Å². The Morgan fingerprint density at radius 2 is 1.84 bits per heavy atom. The molecule has 4 aliphatic carbocycles. The lowest BCUT2D eigenvalue weighted by atomic mass is 9.50. The van der Waals surface area contributed by atoms with Crippen LogP contribution in [0.2, 0.25) is 0 Å². The van der Waals surface area contributed by atoms with Crippen molar-refractivity contribution in [2.45, 2.75) is 51.5 Å². The summed E-state index contributed by atoms with van der Waals surface area (Å²) < 4.78 is 5.92. The highest BCUT2D eigenvalue weighted by Gasteiger charge is 2.51. The quantitative estimate of drug-likeness (QED) is 0.838. The van der Waals surface area contributed by atoms with Crippen LogP contribution < -0.4 is 5.32 Å². The van der Waals surface area contributed by atoms with Crippen molar-refractivity contribution in [2.24, 2.45) is 29.6 Å². The third-order valence-corrected chi connectivity index (χ3v) is 6.15. The highest BCUT2D eigenvalue weighted by Crippen LogP contribution is 2.58. The van der Waals surface area contributed by atoms with Gasteiger partial charge in [0.25, 0.3) is 0 Å². The Morgan fingerprint density at radius 3 is 2.37 bits per heavy atom. The predicted molar refractivity (Wildman–Crippen MR) is 76.7 cm³/mol. The summed E-state index contributed by atoms with van der Waals surface area (Å²) in [5.41, 5.74) is 0. The summed E-state index contributed by atoms with van der Waals surface area (Å²) in [4.78, 5) is 0. The average molecular weight is 261 g/mol. The molecule has 4 bridgehead atoms. The Bertz CT molecular complexity index is 347. The van der Waals surface area contributed by atoms with E-state index in [2.05, 4.69) is 18.3 Å². The van der Waals surface area contributed by atoms with Gasteiger partial charge in [-0.15, -0.1) is 0 Å². The molecule has 4 saturated carbocycles. The normalized spacial score (nSPS) is 45.1. The molecule has 1 aliphatic heterocycles. The number of rotatable bonds is 4. The standard InChI is InChI=1S/C17H27NO/c1-2-18-17(15-4-3-5-19-15)16-13-7-11-6-12(9-13)10-14(16)8-11/h4,11-14,16-18H,2-3,5-10H2,1H3. The summed E-state index contributed by atoms with van der Waals surface area (Å²) in [6, 6.07) is 0.516. The van der Waals surface area contributed by atoms with Crippen molar-refractivity contribution >= 4 is 0 Å². The molecule has 1 heterocycles. The molecule has 0 aromatic rings. The lowest BCUT2D eigenvalue weighted by Gasteiger charge is -2.56. The van der Waals surface area contributed by atoms with Crippen LogP contribution in [0.4, 0.5) is 0 Å². The summed E-state index contributed by atoms with van der Waals surface area (Å²) in [6.07, 6.45) is 11.0. The van der Waals surface area contributed by atoms with Crippen LogP contribution in [0.3, 0.4) is 0 Å². The first kappa shape index (κ1) is 12.3. The van der Waals surface area contributed by atoms with E-state index in [1.165, 1.54) is 31.4 Å². The van der Waals surface area contributed by atoms with E-state index in [1.807, 2.05) is 0 Å². The Balaban J connectivity index is 1.58. The molecule has 5 aliphatic rings. The van der Waals surface area contributed by atoms with Gasteiger partial charge in [-0.1, -0.05) is 6.92 Å². The third kappa shape index (κ3) is 2.03. The maximum Gasteiger partial charge on any atom is 0.109 e. The van der Waals surface area contributed by atoms with Gasteiger partial charge in [0, 0.05) is 6.42 Å². The van der Waals surface area contributed by atoms with E-state index >= 15 is 0 Å². The van der Waals surface area contributed by atoms with Crippen LogP contribution in [-0.2, 0) is 4.74 Å². The zero-order chi connectivity index (χ0) is 12.8. The van der Waals surface area contributed by atoms with Gasteiger partial charge in [0.05, 0.1) is 12.6 Å². The van der Waals surface area contributed by atoms with E-state index < -0.39 is 0 Å². The van der Waals surface area contributed by atoms with E-state index in [-0.39, 0.29) is 0 Å². The Hall–Kier alpha value is -0.500. The van der Waals surface area contributed by atoms with Gasteiger partial charge in [0.1, 0.15) is 5.76 Å². The zero-order valence-corrected chi connectivity index (χ0v) is 12.1. The monoisotopic (exact) mass is 261 g/mol. The van der Waals surface area contributed by atoms with Crippen LogP contribution in [0.5, 0.6) is 0 Å². The van der Waals surface area contributed by atoms with Crippen molar-refractivity contribution in [2.75, 3.05) is 13.2 Å². The Morgan fingerprint density at radius 1 is 1.16 bits per heavy atom. The molecule has 2 nitrogen and oxygen atoms in total. The first-order valence-electron chi connectivity index (χ1n) is 8.41. The lowest BCUT2D eigenvalue weighted by molar-refractivity contribution is -0.0526. The van der Waals surface area contributed by atoms with Gasteiger partial charge >= 0.3 is 0 Å². The third-order valence-electron chi connectivity index (χ3n) is 6.15. The minimum absolute atomic E-state index is 0.516. The van der Waals surface area contributed by atoms with Gasteiger partial charge in [-0.3, -0.25) is 0 Å². The van der Waals surface area contributed by atoms with Crippen LogP contribution in [-0.4, -0.2) is 19.2 Å². The van der Waals surface area contributed by atoms with Gasteiger partial charge in [0.15, 0.2) is 0 Å². The SMILES string of the molecule is CCNC(C1=CCCO1)C1C2CC3CC(C2)CC1C3. The van der Waals surface area contributed by atoms with Crippen LogP contribution in [0, 0.1) is 29.6 Å². The molecule has 0 radical (unpaired) electrons. The second-order valence-electron chi connectivity index (χ2n) is 7.29. The van der Waals surface area contributed by atoms with Gasteiger partial charge in [-0.25, -0.2) is 0 Å². The fourth-order valence-electron chi connectivity index (χ4n) is 5.81. The van der Waals surface area contributed by atoms with E-state index in [1.54, 1.807) is 6.42 Å². The van der Waals surface area contributed by atoms with Crippen molar-refractivity contribution in [1.82, 2.24) is 5.32 Å². The predicted octanol–water partition coefficient (Wildman–Crippen LogP) is 3.34. The second-order valence-corrected chi connectivity index (χ2v) is 7.29. The van der Waals surface area contributed by atoms with E-state index in [9.17, 15) is 0 Å². The number of hydrogen-bond donors (Lipinski definition) is 1. The van der Waals surface area contributed by atoms with E-state index in [4.69, 9.17) is 4.74 Å². The smallest absolute Gasteiger partial charge is 0.109 e. The maximum atomic E-state index is 5.92. The number of nitrogens with one attached hydrogen (secondary N) is 1. The Labute approximate surface area is 117 Å². The second kappa shape index (κ2) is 4.80.